The molecule has 0 saturated heterocycles. The summed E-state index contributed by atoms with van der Waals surface area (Å²) in [7, 11) is -1.97. The maximum absolute atomic E-state index is 13.2. The van der Waals surface area contributed by atoms with Gasteiger partial charge in [-0.15, -0.1) is 0 Å². The molecule has 6 heteroatoms. The van der Waals surface area contributed by atoms with Gasteiger partial charge in [0.25, 0.3) is 0 Å². The van der Waals surface area contributed by atoms with Crippen molar-refractivity contribution in [2.24, 2.45) is 11.1 Å². The zero-order chi connectivity index (χ0) is 17.4. The molecule has 3 rings (SSSR count). The van der Waals surface area contributed by atoms with Crippen molar-refractivity contribution in [1.82, 2.24) is 0 Å². The second kappa shape index (κ2) is 6.48. The van der Waals surface area contributed by atoms with Gasteiger partial charge in [0.2, 0.25) is 0 Å². The molecule has 0 radical (unpaired) electrons. The third-order valence-electron chi connectivity index (χ3n) is 4.81. The molecule has 2 aromatic carbocycles. The summed E-state index contributed by atoms with van der Waals surface area (Å²) in [5, 5.41) is -0.0927. The van der Waals surface area contributed by atoms with Crippen molar-refractivity contribution >= 4 is 21.4 Å². The van der Waals surface area contributed by atoms with E-state index in [9.17, 15) is 8.42 Å². The molecule has 0 aromatic heterocycles. The van der Waals surface area contributed by atoms with Crippen molar-refractivity contribution in [2.45, 2.75) is 16.1 Å². The molecule has 0 spiro atoms. The normalized spacial score (nSPS) is 26.3. The van der Waals surface area contributed by atoms with Crippen molar-refractivity contribution in [3.05, 3.63) is 65.2 Å². The lowest BCUT2D eigenvalue weighted by molar-refractivity contribution is 0.142. The van der Waals surface area contributed by atoms with E-state index >= 15 is 0 Å². The van der Waals surface area contributed by atoms with E-state index in [1.54, 1.807) is 31.4 Å². The first-order valence-electron chi connectivity index (χ1n) is 7.71. The summed E-state index contributed by atoms with van der Waals surface area (Å²) in [5.41, 5.74) is 6.38. The number of methoxy groups -OCH3 is 1. The summed E-state index contributed by atoms with van der Waals surface area (Å²) in [6.45, 7) is 0.554. The molecular weight excluding hydrogens is 346 g/mol. The fourth-order valence-electron chi connectivity index (χ4n) is 3.62. The number of benzene rings is 2. The predicted molar refractivity (Wildman–Crippen MR) is 95.0 cm³/mol. The number of rotatable bonds is 6. The summed E-state index contributed by atoms with van der Waals surface area (Å²) in [6.07, 6.45) is 0. The van der Waals surface area contributed by atoms with Crippen molar-refractivity contribution in [1.29, 1.82) is 0 Å². The third-order valence-corrected chi connectivity index (χ3v) is 7.40. The van der Waals surface area contributed by atoms with E-state index in [0.29, 0.717) is 11.6 Å². The lowest BCUT2D eigenvalue weighted by Gasteiger charge is -2.15. The summed E-state index contributed by atoms with van der Waals surface area (Å²) >= 11 is 5.88. The van der Waals surface area contributed by atoms with Crippen LogP contribution in [0.15, 0.2) is 59.5 Å². The second-order valence-corrected chi connectivity index (χ2v) is 8.68. The number of hydrogen-bond donors (Lipinski definition) is 1. The smallest absolute Gasteiger partial charge is 0.182 e. The Labute approximate surface area is 147 Å². The highest BCUT2D eigenvalue weighted by Gasteiger charge is 2.70. The Kier molecular flexibility index (Phi) is 4.71. The molecule has 1 aliphatic carbocycles. The van der Waals surface area contributed by atoms with Gasteiger partial charge in [0.05, 0.1) is 16.8 Å². The van der Waals surface area contributed by atoms with Crippen molar-refractivity contribution in [3.63, 3.8) is 0 Å². The van der Waals surface area contributed by atoms with E-state index in [2.05, 4.69) is 0 Å². The Morgan fingerprint density at radius 2 is 1.75 bits per heavy atom. The van der Waals surface area contributed by atoms with Crippen molar-refractivity contribution < 1.29 is 13.2 Å². The first-order valence-corrected chi connectivity index (χ1v) is 9.63. The topological polar surface area (TPSA) is 69.4 Å². The van der Waals surface area contributed by atoms with Crippen LogP contribution in [-0.2, 0) is 14.6 Å². The number of sulfone groups is 1. The molecule has 1 fully saturated rings. The van der Waals surface area contributed by atoms with Crippen molar-refractivity contribution in [3.8, 4) is 0 Å². The Morgan fingerprint density at radius 1 is 1.12 bits per heavy atom. The monoisotopic (exact) mass is 365 g/mol. The van der Waals surface area contributed by atoms with Crippen LogP contribution in [0.2, 0.25) is 5.02 Å². The molecule has 2 N–H and O–H groups in total. The van der Waals surface area contributed by atoms with Crippen LogP contribution in [0.25, 0.3) is 0 Å². The predicted octanol–water partition coefficient (Wildman–Crippen LogP) is 2.87. The Morgan fingerprint density at radius 3 is 2.29 bits per heavy atom. The molecule has 0 aliphatic heterocycles. The lowest BCUT2D eigenvalue weighted by Crippen LogP contribution is -2.28. The zero-order valence-corrected chi connectivity index (χ0v) is 14.9. The van der Waals surface area contributed by atoms with Crippen LogP contribution in [0.5, 0.6) is 0 Å². The van der Waals surface area contributed by atoms with Crippen LogP contribution < -0.4 is 5.73 Å². The fourth-order valence-corrected chi connectivity index (χ4v) is 6.19. The summed E-state index contributed by atoms with van der Waals surface area (Å²) in [5.74, 6) is -0.177. The minimum Gasteiger partial charge on any atom is -0.384 e. The van der Waals surface area contributed by atoms with Gasteiger partial charge in [-0.1, -0.05) is 41.9 Å². The average Bonchev–Trinajstić information content (AvgIpc) is 3.26. The molecule has 0 amide bonds. The molecule has 3 atom stereocenters. The van der Waals surface area contributed by atoms with Crippen LogP contribution in [0.3, 0.4) is 0 Å². The quantitative estimate of drug-likeness (QED) is 0.854. The Bertz CT molecular complexity index is 808. The maximum atomic E-state index is 13.2. The first kappa shape index (κ1) is 17.4. The standard InChI is InChI=1S/C18H20ClNO3S/c1-23-12-18(11-20)16(13-5-3-2-4-6-13)17(18)24(21,22)15-9-7-14(19)8-10-15/h2-10,16-17H,11-12,20H2,1H3. The number of halogens is 1. The van der Waals surface area contributed by atoms with Gasteiger partial charge in [0.15, 0.2) is 9.84 Å². The third kappa shape index (κ3) is 2.75. The number of hydrogen-bond acceptors (Lipinski definition) is 4. The zero-order valence-electron chi connectivity index (χ0n) is 13.4. The van der Waals surface area contributed by atoms with Crippen LogP contribution >= 0.6 is 11.6 Å². The van der Waals surface area contributed by atoms with Gasteiger partial charge in [-0.3, -0.25) is 0 Å². The molecular formula is C18H20ClNO3S. The van der Waals surface area contributed by atoms with Gasteiger partial charge in [0.1, 0.15) is 0 Å². The molecule has 1 aliphatic rings. The molecule has 128 valence electrons. The molecule has 1 saturated carbocycles. The number of nitrogens with two attached hydrogens (primary N) is 1. The molecule has 2 aromatic rings. The van der Waals surface area contributed by atoms with Crippen LogP contribution in [0.4, 0.5) is 0 Å². The summed E-state index contributed by atoms with van der Waals surface area (Å²) < 4.78 is 31.7. The minimum absolute atomic E-state index is 0.177. The van der Waals surface area contributed by atoms with Crippen LogP contribution in [-0.4, -0.2) is 33.9 Å². The summed E-state index contributed by atoms with van der Waals surface area (Å²) in [6, 6.07) is 15.9. The second-order valence-electron chi connectivity index (χ2n) is 6.18. The molecule has 0 bridgehead atoms. The number of ether oxygens (including phenoxy) is 1. The van der Waals surface area contributed by atoms with Gasteiger partial charge in [-0.05, 0) is 29.8 Å². The van der Waals surface area contributed by atoms with Gasteiger partial charge in [-0.2, -0.15) is 0 Å². The van der Waals surface area contributed by atoms with E-state index in [0.717, 1.165) is 5.56 Å². The SMILES string of the molecule is COCC1(CN)C(c2ccccc2)C1S(=O)(=O)c1ccc(Cl)cc1. The van der Waals surface area contributed by atoms with Gasteiger partial charge >= 0.3 is 0 Å². The highest BCUT2D eigenvalue weighted by atomic mass is 35.5. The highest BCUT2D eigenvalue weighted by molar-refractivity contribution is 7.92. The van der Waals surface area contributed by atoms with E-state index in [1.165, 1.54) is 0 Å². The molecule has 4 nitrogen and oxygen atoms in total. The largest absolute Gasteiger partial charge is 0.384 e. The molecule has 3 unspecified atom stereocenters. The minimum atomic E-state index is -3.54. The average molecular weight is 366 g/mol. The van der Waals surface area contributed by atoms with E-state index in [1.807, 2.05) is 30.3 Å². The van der Waals surface area contributed by atoms with E-state index < -0.39 is 20.5 Å². The lowest BCUT2D eigenvalue weighted by atomic mass is 10.0. The van der Waals surface area contributed by atoms with Gasteiger partial charge in [0, 0.05) is 30.0 Å². The van der Waals surface area contributed by atoms with E-state index in [-0.39, 0.29) is 17.4 Å². The van der Waals surface area contributed by atoms with Crippen LogP contribution in [0, 0.1) is 5.41 Å². The van der Waals surface area contributed by atoms with E-state index in [4.69, 9.17) is 22.1 Å². The maximum Gasteiger partial charge on any atom is 0.182 e. The summed E-state index contributed by atoms with van der Waals surface area (Å²) in [4.78, 5) is 0.268. The molecule has 24 heavy (non-hydrogen) atoms. The van der Waals surface area contributed by atoms with Crippen LogP contribution in [0.1, 0.15) is 11.5 Å². The van der Waals surface area contributed by atoms with Gasteiger partial charge < -0.3 is 10.5 Å². The fraction of sp³-hybridized carbons (Fsp3) is 0.333. The Balaban J connectivity index is 2.05. The highest BCUT2D eigenvalue weighted by Crippen LogP contribution is 2.63. The van der Waals surface area contributed by atoms with Gasteiger partial charge in [-0.25, -0.2) is 8.42 Å². The Hall–Kier alpha value is -1.40. The molecule has 0 heterocycles. The first-order chi connectivity index (χ1) is 11.5. The van der Waals surface area contributed by atoms with Crippen molar-refractivity contribution in [2.75, 3.05) is 20.3 Å².